The molecule has 1 aliphatic heterocycles. The van der Waals surface area contributed by atoms with Crippen molar-refractivity contribution in [1.29, 1.82) is 0 Å². The van der Waals surface area contributed by atoms with E-state index in [2.05, 4.69) is 0 Å². The summed E-state index contributed by atoms with van der Waals surface area (Å²) in [4.78, 5) is 24.7. The maximum Gasteiger partial charge on any atom is 0.269 e. The molecular formula is C21H24ClN3O6S. The van der Waals surface area contributed by atoms with Crippen LogP contribution in [0.4, 0.5) is 5.69 Å². The molecule has 0 N–H and O–H groups in total. The molecule has 0 spiro atoms. The number of sulfonamides is 1. The Morgan fingerprint density at radius 1 is 1.19 bits per heavy atom. The second kappa shape index (κ2) is 9.53. The van der Waals surface area contributed by atoms with Crippen molar-refractivity contribution in [3.8, 4) is 0 Å². The van der Waals surface area contributed by atoms with E-state index in [9.17, 15) is 23.3 Å². The summed E-state index contributed by atoms with van der Waals surface area (Å²) in [7, 11) is -2.17. The first-order chi connectivity index (χ1) is 15.0. The van der Waals surface area contributed by atoms with Crippen molar-refractivity contribution < 1.29 is 22.9 Å². The topological polar surface area (TPSA) is 110 Å². The highest BCUT2D eigenvalue weighted by Gasteiger charge is 2.32. The third kappa shape index (κ3) is 5.26. The molecule has 2 aromatic rings. The molecule has 0 aromatic heterocycles. The van der Waals surface area contributed by atoms with E-state index in [0.717, 1.165) is 0 Å². The predicted octanol–water partition coefficient (Wildman–Crippen LogP) is 3.32. The number of rotatable bonds is 6. The SMILES string of the molecule is CC1CN(S(=O)(=O)c2ccc(C(=O)N(C)Cc3cc([N+](=O)[O-])ccc3Cl)cc2)CC(C)O1. The van der Waals surface area contributed by atoms with E-state index in [0.29, 0.717) is 10.6 Å². The highest BCUT2D eigenvalue weighted by molar-refractivity contribution is 7.89. The van der Waals surface area contributed by atoms with Crippen LogP contribution in [0.15, 0.2) is 47.4 Å². The minimum Gasteiger partial charge on any atom is -0.373 e. The number of nitro benzene ring substituents is 1. The van der Waals surface area contributed by atoms with Crippen LogP contribution < -0.4 is 0 Å². The summed E-state index contributed by atoms with van der Waals surface area (Å²) in [5, 5.41) is 11.3. The van der Waals surface area contributed by atoms with Gasteiger partial charge in [-0.15, -0.1) is 0 Å². The molecule has 1 fully saturated rings. The smallest absolute Gasteiger partial charge is 0.269 e. The fourth-order valence-electron chi connectivity index (χ4n) is 3.59. The standard InChI is InChI=1S/C21H24ClN3O6S/c1-14-11-24(12-15(2)31-14)32(29,30)19-7-4-16(5-8-19)21(26)23(3)13-17-10-18(25(27)28)6-9-20(17)22/h4-10,14-15H,11-13H2,1-3H3. The van der Waals surface area contributed by atoms with Crippen molar-refractivity contribution in [1.82, 2.24) is 9.21 Å². The van der Waals surface area contributed by atoms with E-state index in [1.54, 1.807) is 7.05 Å². The quantitative estimate of drug-likeness (QED) is 0.462. The van der Waals surface area contributed by atoms with Gasteiger partial charge >= 0.3 is 0 Å². The molecule has 2 unspecified atom stereocenters. The first-order valence-electron chi connectivity index (χ1n) is 9.93. The molecule has 172 valence electrons. The molecule has 3 rings (SSSR count). The Morgan fingerprint density at radius 3 is 2.34 bits per heavy atom. The molecule has 1 aliphatic rings. The van der Waals surface area contributed by atoms with E-state index < -0.39 is 14.9 Å². The second-order valence-corrected chi connectivity index (χ2v) is 10.1. The van der Waals surface area contributed by atoms with Gasteiger partial charge < -0.3 is 9.64 Å². The van der Waals surface area contributed by atoms with E-state index >= 15 is 0 Å². The molecule has 2 atom stereocenters. The van der Waals surface area contributed by atoms with Gasteiger partial charge in [0.25, 0.3) is 11.6 Å². The largest absolute Gasteiger partial charge is 0.373 e. The molecule has 0 radical (unpaired) electrons. The number of hydrogen-bond donors (Lipinski definition) is 0. The van der Waals surface area contributed by atoms with Crippen molar-refractivity contribution in [3.63, 3.8) is 0 Å². The number of morpholine rings is 1. The highest BCUT2D eigenvalue weighted by Crippen LogP contribution is 2.25. The van der Waals surface area contributed by atoms with Crippen LogP contribution in [0.3, 0.4) is 0 Å². The fourth-order valence-corrected chi connectivity index (χ4v) is 5.36. The van der Waals surface area contributed by atoms with Crippen molar-refractivity contribution in [3.05, 3.63) is 68.7 Å². The number of nitro groups is 1. The Morgan fingerprint density at radius 2 is 1.78 bits per heavy atom. The highest BCUT2D eigenvalue weighted by atomic mass is 35.5. The summed E-state index contributed by atoms with van der Waals surface area (Å²) in [6.07, 6.45) is -0.410. The Bertz CT molecular complexity index is 1110. The molecule has 1 amide bonds. The predicted molar refractivity (Wildman–Crippen MR) is 119 cm³/mol. The summed E-state index contributed by atoms with van der Waals surface area (Å²) in [5.41, 5.74) is 0.606. The lowest BCUT2D eigenvalue weighted by molar-refractivity contribution is -0.384. The zero-order chi connectivity index (χ0) is 23.6. The Labute approximate surface area is 191 Å². The Hall–Kier alpha value is -2.53. The van der Waals surface area contributed by atoms with Crippen molar-refractivity contribution in [2.75, 3.05) is 20.1 Å². The average molecular weight is 482 g/mol. The van der Waals surface area contributed by atoms with Crippen molar-refractivity contribution >= 4 is 33.2 Å². The number of benzene rings is 2. The number of carbonyl (C=O) groups excluding carboxylic acids is 1. The van der Waals surface area contributed by atoms with Gasteiger partial charge in [0, 0.05) is 49.4 Å². The second-order valence-electron chi connectivity index (χ2n) is 7.80. The van der Waals surface area contributed by atoms with Gasteiger partial charge in [-0.25, -0.2) is 8.42 Å². The van der Waals surface area contributed by atoms with Crippen LogP contribution in [0, 0.1) is 10.1 Å². The normalized spacial score (nSPS) is 19.5. The number of halogens is 1. The molecular weight excluding hydrogens is 458 g/mol. The van der Waals surface area contributed by atoms with Gasteiger partial charge in [-0.1, -0.05) is 11.6 Å². The summed E-state index contributed by atoms with van der Waals surface area (Å²) < 4.78 is 32.9. The Kier molecular flexibility index (Phi) is 7.19. The van der Waals surface area contributed by atoms with Gasteiger partial charge in [-0.05, 0) is 49.7 Å². The number of amides is 1. The summed E-state index contributed by atoms with van der Waals surface area (Å²) in [6.45, 7) is 4.23. The molecule has 0 bridgehead atoms. The van der Waals surface area contributed by atoms with E-state index in [4.69, 9.17) is 16.3 Å². The van der Waals surface area contributed by atoms with Gasteiger partial charge in [-0.3, -0.25) is 14.9 Å². The molecule has 9 nitrogen and oxygen atoms in total. The van der Waals surface area contributed by atoms with Crippen molar-refractivity contribution in [2.24, 2.45) is 0 Å². The number of ether oxygens (including phenoxy) is 1. The third-order valence-electron chi connectivity index (χ3n) is 5.12. The summed E-state index contributed by atoms with van der Waals surface area (Å²) in [5.74, 6) is -0.370. The minimum absolute atomic E-state index is 0.0585. The maximum atomic E-state index is 13.0. The number of non-ortho nitro benzene ring substituents is 1. The molecule has 1 saturated heterocycles. The maximum absolute atomic E-state index is 13.0. The summed E-state index contributed by atoms with van der Waals surface area (Å²) in [6, 6.07) is 9.75. The lowest BCUT2D eigenvalue weighted by Crippen LogP contribution is -2.48. The zero-order valence-electron chi connectivity index (χ0n) is 17.9. The third-order valence-corrected chi connectivity index (χ3v) is 7.33. The van der Waals surface area contributed by atoms with E-state index in [-0.39, 0.29) is 53.9 Å². The molecule has 1 heterocycles. The van der Waals surface area contributed by atoms with Crippen LogP contribution in [0.25, 0.3) is 0 Å². The van der Waals surface area contributed by atoms with Gasteiger partial charge in [0.1, 0.15) is 0 Å². The van der Waals surface area contributed by atoms with Crippen LogP contribution >= 0.6 is 11.6 Å². The van der Waals surface area contributed by atoms with Crippen LogP contribution in [-0.4, -0.2) is 60.8 Å². The monoisotopic (exact) mass is 481 g/mol. The van der Waals surface area contributed by atoms with Crippen LogP contribution in [0.2, 0.25) is 5.02 Å². The molecule has 0 saturated carbocycles. The fraction of sp³-hybridized carbons (Fsp3) is 0.381. The lowest BCUT2D eigenvalue weighted by atomic mass is 10.1. The van der Waals surface area contributed by atoms with Gasteiger partial charge in [0.15, 0.2) is 0 Å². The van der Waals surface area contributed by atoms with Gasteiger partial charge in [0.05, 0.1) is 22.0 Å². The Balaban J connectivity index is 1.75. The van der Waals surface area contributed by atoms with E-state index in [1.807, 2.05) is 13.8 Å². The van der Waals surface area contributed by atoms with Gasteiger partial charge in [0.2, 0.25) is 10.0 Å². The number of carbonyl (C=O) groups is 1. The van der Waals surface area contributed by atoms with Crippen LogP contribution in [-0.2, 0) is 21.3 Å². The molecule has 0 aliphatic carbocycles. The number of hydrogen-bond acceptors (Lipinski definition) is 6. The first-order valence-corrected chi connectivity index (χ1v) is 11.7. The molecule has 11 heteroatoms. The van der Waals surface area contributed by atoms with Crippen LogP contribution in [0.5, 0.6) is 0 Å². The average Bonchev–Trinajstić information content (AvgIpc) is 2.74. The zero-order valence-corrected chi connectivity index (χ0v) is 19.5. The summed E-state index contributed by atoms with van der Waals surface area (Å²) >= 11 is 6.12. The minimum atomic E-state index is -3.71. The lowest BCUT2D eigenvalue weighted by Gasteiger charge is -2.34. The van der Waals surface area contributed by atoms with Crippen molar-refractivity contribution in [2.45, 2.75) is 37.5 Å². The van der Waals surface area contributed by atoms with Crippen LogP contribution in [0.1, 0.15) is 29.8 Å². The molecule has 2 aromatic carbocycles. The number of nitrogens with zero attached hydrogens (tertiary/aromatic N) is 3. The molecule has 32 heavy (non-hydrogen) atoms. The van der Waals surface area contributed by atoms with E-state index in [1.165, 1.54) is 51.7 Å². The van der Waals surface area contributed by atoms with Gasteiger partial charge in [-0.2, -0.15) is 4.31 Å². The first kappa shape index (κ1) is 24.1.